The maximum absolute atomic E-state index is 12.9. The number of nitrogens with zero attached hydrogens (tertiary/aromatic N) is 2. The van der Waals surface area contributed by atoms with Gasteiger partial charge >= 0.3 is 5.97 Å². The summed E-state index contributed by atoms with van der Waals surface area (Å²) in [6.45, 7) is 4.27. The SMILES string of the molecule is Cc1cc(C)n(CCC(=O)OC(C(=O)c2ccccc2)c2ccccc2)n1. The van der Waals surface area contributed by atoms with Gasteiger partial charge in [0.15, 0.2) is 6.10 Å². The van der Waals surface area contributed by atoms with Crippen molar-refractivity contribution < 1.29 is 14.3 Å². The van der Waals surface area contributed by atoms with E-state index in [1.165, 1.54) is 0 Å². The molecule has 2 aromatic carbocycles. The van der Waals surface area contributed by atoms with Gasteiger partial charge < -0.3 is 4.74 Å². The Hall–Kier alpha value is -3.21. The van der Waals surface area contributed by atoms with Crippen molar-refractivity contribution in [3.05, 3.63) is 89.2 Å². The number of esters is 1. The van der Waals surface area contributed by atoms with Crippen LogP contribution in [0.1, 0.15) is 39.8 Å². The number of benzene rings is 2. The first kappa shape index (κ1) is 18.6. The highest BCUT2D eigenvalue weighted by molar-refractivity contribution is 6.00. The minimum atomic E-state index is -0.957. The van der Waals surface area contributed by atoms with Crippen LogP contribution in [0.15, 0.2) is 66.7 Å². The monoisotopic (exact) mass is 362 g/mol. The van der Waals surface area contributed by atoms with E-state index in [0.717, 1.165) is 11.4 Å². The molecule has 0 amide bonds. The molecule has 5 nitrogen and oxygen atoms in total. The number of rotatable bonds is 7. The Morgan fingerprint density at radius 3 is 2.22 bits per heavy atom. The molecule has 0 saturated carbocycles. The van der Waals surface area contributed by atoms with Gasteiger partial charge in [0.05, 0.1) is 18.7 Å². The molecule has 0 aliphatic rings. The van der Waals surface area contributed by atoms with E-state index in [9.17, 15) is 9.59 Å². The summed E-state index contributed by atoms with van der Waals surface area (Å²) in [7, 11) is 0. The van der Waals surface area contributed by atoms with Crippen molar-refractivity contribution in [2.24, 2.45) is 0 Å². The van der Waals surface area contributed by atoms with Crippen molar-refractivity contribution in [3.63, 3.8) is 0 Å². The summed E-state index contributed by atoms with van der Waals surface area (Å²) in [6.07, 6.45) is -0.811. The molecule has 0 spiro atoms. The van der Waals surface area contributed by atoms with Gasteiger partial charge in [0.25, 0.3) is 0 Å². The van der Waals surface area contributed by atoms with Gasteiger partial charge in [-0.15, -0.1) is 0 Å². The van der Waals surface area contributed by atoms with Crippen molar-refractivity contribution in [1.29, 1.82) is 0 Å². The first-order valence-electron chi connectivity index (χ1n) is 8.89. The van der Waals surface area contributed by atoms with Crippen LogP contribution in [-0.4, -0.2) is 21.5 Å². The van der Waals surface area contributed by atoms with Gasteiger partial charge in [-0.2, -0.15) is 5.10 Å². The van der Waals surface area contributed by atoms with Crippen molar-refractivity contribution >= 4 is 11.8 Å². The number of aryl methyl sites for hydroxylation is 3. The van der Waals surface area contributed by atoms with Gasteiger partial charge in [0.2, 0.25) is 5.78 Å². The molecule has 1 heterocycles. The molecule has 1 unspecified atom stereocenters. The lowest BCUT2D eigenvalue weighted by atomic mass is 10.00. The maximum atomic E-state index is 12.9. The number of Topliss-reactive ketones (excluding diaryl/α,β-unsaturated/α-hetero) is 1. The molecule has 0 fully saturated rings. The topological polar surface area (TPSA) is 61.2 Å². The van der Waals surface area contributed by atoms with Crippen LogP contribution in [0.2, 0.25) is 0 Å². The standard InChI is InChI=1S/C22H22N2O3/c1-16-15-17(2)24(23-16)14-13-20(25)27-22(19-11-7-4-8-12-19)21(26)18-9-5-3-6-10-18/h3-12,15,22H,13-14H2,1-2H3. The first-order valence-corrected chi connectivity index (χ1v) is 8.89. The lowest BCUT2D eigenvalue weighted by Gasteiger charge is -2.17. The van der Waals surface area contributed by atoms with Crippen LogP contribution in [0.3, 0.4) is 0 Å². The van der Waals surface area contributed by atoms with E-state index in [1.54, 1.807) is 41.1 Å². The minimum Gasteiger partial charge on any atom is -0.449 e. The normalized spacial score (nSPS) is 11.8. The van der Waals surface area contributed by atoms with Gasteiger partial charge in [-0.3, -0.25) is 14.3 Å². The number of carbonyl (C=O) groups is 2. The number of hydrogen-bond acceptors (Lipinski definition) is 4. The Balaban J connectivity index is 1.74. The van der Waals surface area contributed by atoms with Crippen LogP contribution in [-0.2, 0) is 16.1 Å². The van der Waals surface area contributed by atoms with E-state index in [2.05, 4.69) is 5.10 Å². The molecule has 0 radical (unpaired) electrons. The second kappa shape index (κ2) is 8.45. The van der Waals surface area contributed by atoms with Crippen LogP contribution in [0, 0.1) is 13.8 Å². The molecule has 0 saturated heterocycles. The van der Waals surface area contributed by atoms with Crippen LogP contribution >= 0.6 is 0 Å². The number of carbonyl (C=O) groups excluding carboxylic acids is 2. The van der Waals surface area contributed by atoms with Crippen LogP contribution in [0.4, 0.5) is 0 Å². The van der Waals surface area contributed by atoms with E-state index in [0.29, 0.717) is 17.7 Å². The predicted molar refractivity (Wildman–Crippen MR) is 102 cm³/mol. The summed E-state index contributed by atoms with van der Waals surface area (Å²) < 4.78 is 7.36. The summed E-state index contributed by atoms with van der Waals surface area (Å²) in [6, 6.07) is 19.9. The average Bonchev–Trinajstić information content (AvgIpc) is 3.02. The van der Waals surface area contributed by atoms with Crippen LogP contribution < -0.4 is 0 Å². The third-order valence-electron chi connectivity index (χ3n) is 4.28. The van der Waals surface area contributed by atoms with E-state index in [1.807, 2.05) is 44.2 Å². The number of ether oxygens (including phenoxy) is 1. The van der Waals surface area contributed by atoms with Crippen LogP contribution in [0.5, 0.6) is 0 Å². The molecular formula is C22H22N2O3. The third-order valence-corrected chi connectivity index (χ3v) is 4.28. The zero-order chi connectivity index (χ0) is 19.2. The highest BCUT2D eigenvalue weighted by atomic mass is 16.5. The molecule has 0 bridgehead atoms. The molecule has 5 heteroatoms. The quantitative estimate of drug-likeness (QED) is 0.470. The lowest BCUT2D eigenvalue weighted by Crippen LogP contribution is -2.21. The minimum absolute atomic E-state index is 0.146. The molecule has 0 aliphatic carbocycles. The lowest BCUT2D eigenvalue weighted by molar-refractivity contribution is -0.147. The van der Waals surface area contributed by atoms with Gasteiger partial charge in [-0.05, 0) is 19.9 Å². The van der Waals surface area contributed by atoms with Gasteiger partial charge in [0.1, 0.15) is 0 Å². The smallest absolute Gasteiger partial charge is 0.308 e. The van der Waals surface area contributed by atoms with Gasteiger partial charge in [-0.1, -0.05) is 60.7 Å². The highest BCUT2D eigenvalue weighted by Gasteiger charge is 2.26. The first-order chi connectivity index (χ1) is 13.0. The molecular weight excluding hydrogens is 340 g/mol. The molecule has 3 aromatic rings. The van der Waals surface area contributed by atoms with E-state index in [-0.39, 0.29) is 12.2 Å². The highest BCUT2D eigenvalue weighted by Crippen LogP contribution is 2.23. The van der Waals surface area contributed by atoms with Crippen molar-refractivity contribution in [1.82, 2.24) is 9.78 Å². The Morgan fingerprint density at radius 2 is 1.63 bits per heavy atom. The maximum Gasteiger partial charge on any atom is 0.308 e. The molecule has 1 aromatic heterocycles. The van der Waals surface area contributed by atoms with Crippen molar-refractivity contribution in [3.8, 4) is 0 Å². The Morgan fingerprint density at radius 1 is 1.00 bits per heavy atom. The fourth-order valence-corrected chi connectivity index (χ4v) is 2.94. The fourth-order valence-electron chi connectivity index (χ4n) is 2.94. The zero-order valence-corrected chi connectivity index (χ0v) is 15.5. The summed E-state index contributed by atoms with van der Waals surface area (Å²) >= 11 is 0. The van der Waals surface area contributed by atoms with E-state index in [4.69, 9.17) is 4.74 Å². The Bertz CT molecular complexity index is 917. The summed E-state index contributed by atoms with van der Waals surface area (Å²) in [4.78, 5) is 25.4. The molecule has 1 atom stereocenters. The van der Waals surface area contributed by atoms with Crippen molar-refractivity contribution in [2.75, 3.05) is 0 Å². The average molecular weight is 362 g/mol. The Labute approximate surface area is 158 Å². The second-order valence-corrected chi connectivity index (χ2v) is 6.41. The molecule has 138 valence electrons. The molecule has 3 rings (SSSR count). The molecule has 27 heavy (non-hydrogen) atoms. The Kier molecular flexibility index (Phi) is 5.81. The summed E-state index contributed by atoms with van der Waals surface area (Å²) in [5.41, 5.74) is 3.06. The zero-order valence-electron chi connectivity index (χ0n) is 15.5. The molecule has 0 N–H and O–H groups in total. The van der Waals surface area contributed by atoms with Crippen molar-refractivity contribution in [2.45, 2.75) is 32.9 Å². The van der Waals surface area contributed by atoms with E-state index < -0.39 is 12.1 Å². The summed E-state index contributed by atoms with van der Waals surface area (Å²) in [5, 5.41) is 4.34. The molecule has 0 aliphatic heterocycles. The largest absolute Gasteiger partial charge is 0.449 e. The number of ketones is 1. The second-order valence-electron chi connectivity index (χ2n) is 6.41. The van der Waals surface area contributed by atoms with Crippen LogP contribution in [0.25, 0.3) is 0 Å². The van der Waals surface area contributed by atoms with E-state index >= 15 is 0 Å². The van der Waals surface area contributed by atoms with Gasteiger partial charge in [-0.25, -0.2) is 0 Å². The van der Waals surface area contributed by atoms with Gasteiger partial charge in [0, 0.05) is 16.8 Å². The predicted octanol–water partition coefficient (Wildman–Crippen LogP) is 4.06. The number of aromatic nitrogens is 2. The number of hydrogen-bond donors (Lipinski definition) is 0. The fraction of sp³-hybridized carbons (Fsp3) is 0.227. The third kappa shape index (κ3) is 4.70. The summed E-state index contributed by atoms with van der Waals surface area (Å²) in [5.74, 6) is -0.665.